The molecule has 0 unspecified atom stereocenters. The Kier molecular flexibility index (Phi) is 4.68. The molecule has 0 radical (unpaired) electrons. The van der Waals surface area contributed by atoms with Gasteiger partial charge < -0.3 is 4.90 Å². The molecular weight excluding hydrogens is 328 g/mol. The predicted molar refractivity (Wildman–Crippen MR) is 111 cm³/mol. The van der Waals surface area contributed by atoms with Crippen molar-refractivity contribution in [3.8, 4) is 17.2 Å². The van der Waals surface area contributed by atoms with E-state index in [-0.39, 0.29) is 0 Å². The van der Waals surface area contributed by atoms with Gasteiger partial charge in [-0.1, -0.05) is 66.7 Å². The highest BCUT2D eigenvalue weighted by atomic mass is 15.1. The van der Waals surface area contributed by atoms with E-state index < -0.39 is 0 Å². The van der Waals surface area contributed by atoms with Gasteiger partial charge in [-0.25, -0.2) is 0 Å². The number of nitrogens with zero attached hydrogens (tertiary/aromatic N) is 2. The van der Waals surface area contributed by atoms with Crippen LogP contribution in [-0.4, -0.2) is 0 Å². The van der Waals surface area contributed by atoms with E-state index in [0.717, 1.165) is 28.2 Å². The molecule has 4 rings (SSSR count). The minimum atomic E-state index is 0.681. The summed E-state index contributed by atoms with van der Waals surface area (Å²) >= 11 is 0. The first-order valence-electron chi connectivity index (χ1n) is 8.86. The van der Waals surface area contributed by atoms with Gasteiger partial charge in [-0.05, 0) is 53.6 Å². The molecule has 4 aromatic carbocycles. The Hall–Kier alpha value is -3.83. The predicted octanol–water partition coefficient (Wildman–Crippen LogP) is 6.70. The van der Waals surface area contributed by atoms with Crippen molar-refractivity contribution >= 4 is 17.1 Å². The second-order valence-electron chi connectivity index (χ2n) is 6.21. The van der Waals surface area contributed by atoms with Gasteiger partial charge >= 0.3 is 0 Å². The quantitative estimate of drug-likeness (QED) is 0.411. The third-order valence-corrected chi connectivity index (χ3v) is 4.49. The molecule has 0 aliphatic heterocycles. The van der Waals surface area contributed by atoms with Crippen molar-refractivity contribution in [1.29, 1.82) is 5.26 Å². The van der Waals surface area contributed by atoms with Crippen molar-refractivity contribution in [2.24, 2.45) is 0 Å². The van der Waals surface area contributed by atoms with Gasteiger partial charge in [0.1, 0.15) is 0 Å². The number of benzene rings is 4. The van der Waals surface area contributed by atoms with Gasteiger partial charge in [-0.15, -0.1) is 0 Å². The molecular formula is C25H18N2. The van der Waals surface area contributed by atoms with Crippen molar-refractivity contribution in [2.75, 3.05) is 4.90 Å². The fourth-order valence-electron chi connectivity index (χ4n) is 3.25. The van der Waals surface area contributed by atoms with Crippen molar-refractivity contribution < 1.29 is 0 Å². The van der Waals surface area contributed by atoms with Gasteiger partial charge in [-0.2, -0.15) is 5.26 Å². The van der Waals surface area contributed by atoms with E-state index >= 15 is 0 Å². The van der Waals surface area contributed by atoms with Crippen LogP contribution >= 0.6 is 0 Å². The Morgan fingerprint density at radius 2 is 1.11 bits per heavy atom. The van der Waals surface area contributed by atoms with Gasteiger partial charge in [0, 0.05) is 17.1 Å². The van der Waals surface area contributed by atoms with Crippen molar-refractivity contribution in [3.05, 3.63) is 115 Å². The molecule has 0 amide bonds. The van der Waals surface area contributed by atoms with Gasteiger partial charge in [0.2, 0.25) is 0 Å². The summed E-state index contributed by atoms with van der Waals surface area (Å²) in [7, 11) is 0. The topological polar surface area (TPSA) is 27.0 Å². The lowest BCUT2D eigenvalue weighted by atomic mass is 9.99. The van der Waals surface area contributed by atoms with Crippen LogP contribution in [0.5, 0.6) is 0 Å². The average Bonchev–Trinajstić information content (AvgIpc) is 2.76. The zero-order valence-electron chi connectivity index (χ0n) is 14.8. The van der Waals surface area contributed by atoms with Crippen LogP contribution in [0.4, 0.5) is 17.1 Å². The van der Waals surface area contributed by atoms with Crippen LogP contribution < -0.4 is 4.90 Å². The van der Waals surface area contributed by atoms with Crippen molar-refractivity contribution in [3.63, 3.8) is 0 Å². The second-order valence-corrected chi connectivity index (χ2v) is 6.21. The highest BCUT2D eigenvalue weighted by Gasteiger charge is 2.13. The van der Waals surface area contributed by atoms with Gasteiger partial charge in [0.15, 0.2) is 0 Å². The van der Waals surface area contributed by atoms with Gasteiger partial charge in [0.25, 0.3) is 0 Å². The molecule has 128 valence electrons. The summed E-state index contributed by atoms with van der Waals surface area (Å²) in [5.74, 6) is 0. The first-order valence-corrected chi connectivity index (χ1v) is 8.86. The lowest BCUT2D eigenvalue weighted by Gasteiger charge is -2.26. The average molecular weight is 346 g/mol. The van der Waals surface area contributed by atoms with E-state index in [1.165, 1.54) is 0 Å². The molecule has 0 aliphatic carbocycles. The maximum atomic E-state index is 9.45. The van der Waals surface area contributed by atoms with Crippen LogP contribution in [0.15, 0.2) is 109 Å². The Bertz CT molecular complexity index is 1040. The number of rotatable bonds is 4. The van der Waals surface area contributed by atoms with Crippen LogP contribution in [-0.2, 0) is 0 Å². The molecule has 0 heterocycles. The molecule has 2 nitrogen and oxygen atoms in total. The molecule has 0 saturated heterocycles. The summed E-state index contributed by atoms with van der Waals surface area (Å²) in [6.07, 6.45) is 0. The maximum absolute atomic E-state index is 9.45. The lowest BCUT2D eigenvalue weighted by Crippen LogP contribution is -2.09. The summed E-state index contributed by atoms with van der Waals surface area (Å²) in [5, 5.41) is 9.45. The van der Waals surface area contributed by atoms with Gasteiger partial charge in [-0.3, -0.25) is 0 Å². The fraction of sp³-hybridized carbons (Fsp3) is 0. The molecule has 2 heteroatoms. The summed E-state index contributed by atoms with van der Waals surface area (Å²) in [6.45, 7) is 0. The fourth-order valence-corrected chi connectivity index (χ4v) is 3.25. The summed E-state index contributed by atoms with van der Waals surface area (Å²) < 4.78 is 0. The Morgan fingerprint density at radius 1 is 0.556 bits per heavy atom. The first-order chi connectivity index (χ1) is 13.4. The van der Waals surface area contributed by atoms with Crippen LogP contribution in [0.25, 0.3) is 11.1 Å². The number of hydrogen-bond acceptors (Lipinski definition) is 2. The monoisotopic (exact) mass is 346 g/mol. The third-order valence-electron chi connectivity index (χ3n) is 4.49. The first kappa shape index (κ1) is 16.6. The highest BCUT2D eigenvalue weighted by molar-refractivity contribution is 5.81. The van der Waals surface area contributed by atoms with E-state index in [1.54, 1.807) is 0 Å². The lowest BCUT2D eigenvalue weighted by molar-refractivity contribution is 1.28. The van der Waals surface area contributed by atoms with Crippen LogP contribution in [0, 0.1) is 11.3 Å². The van der Waals surface area contributed by atoms with E-state index in [9.17, 15) is 5.26 Å². The van der Waals surface area contributed by atoms with Crippen LogP contribution in [0.2, 0.25) is 0 Å². The summed E-state index contributed by atoms with van der Waals surface area (Å²) in [4.78, 5) is 2.22. The molecule has 0 aliphatic rings. The Balaban J connectivity index is 1.86. The molecule has 0 atom stereocenters. The van der Waals surface area contributed by atoms with Crippen molar-refractivity contribution in [1.82, 2.24) is 0 Å². The molecule has 0 aromatic heterocycles. The molecule has 4 aromatic rings. The Labute approximate surface area is 159 Å². The zero-order chi connectivity index (χ0) is 18.5. The summed E-state index contributed by atoms with van der Waals surface area (Å²) in [6, 6.07) is 38.9. The normalized spacial score (nSPS) is 10.2. The maximum Gasteiger partial charge on any atom is 0.0998 e. The standard InChI is InChI=1S/C25H18N2/c26-19-21-10-7-8-17-25(21)20-11-9-16-24(18-20)27(22-12-3-1-4-13-22)23-14-5-2-6-15-23/h1-18H. The molecule has 0 N–H and O–H groups in total. The van der Waals surface area contributed by atoms with Crippen LogP contribution in [0.1, 0.15) is 5.56 Å². The second kappa shape index (κ2) is 7.59. The van der Waals surface area contributed by atoms with Crippen molar-refractivity contribution in [2.45, 2.75) is 0 Å². The minimum absolute atomic E-state index is 0.681. The summed E-state index contributed by atoms with van der Waals surface area (Å²) in [5.41, 5.74) is 5.89. The van der Waals surface area contributed by atoms with Crippen LogP contribution in [0.3, 0.4) is 0 Å². The highest BCUT2D eigenvalue weighted by Crippen LogP contribution is 2.36. The molecule has 0 saturated carbocycles. The van der Waals surface area contributed by atoms with Gasteiger partial charge in [0.05, 0.1) is 11.6 Å². The van der Waals surface area contributed by atoms with E-state index in [4.69, 9.17) is 0 Å². The molecule has 0 bridgehead atoms. The van der Waals surface area contributed by atoms with E-state index in [0.29, 0.717) is 5.56 Å². The SMILES string of the molecule is N#Cc1ccccc1-c1cccc(N(c2ccccc2)c2ccccc2)c1. The number of para-hydroxylation sites is 2. The minimum Gasteiger partial charge on any atom is -0.310 e. The molecule has 27 heavy (non-hydrogen) atoms. The zero-order valence-corrected chi connectivity index (χ0v) is 14.8. The third kappa shape index (κ3) is 3.44. The molecule has 0 spiro atoms. The van der Waals surface area contributed by atoms with E-state index in [1.807, 2.05) is 72.8 Å². The largest absolute Gasteiger partial charge is 0.310 e. The van der Waals surface area contributed by atoms with E-state index in [2.05, 4.69) is 47.4 Å². The smallest absolute Gasteiger partial charge is 0.0998 e. The number of anilines is 3. The Morgan fingerprint density at radius 3 is 1.74 bits per heavy atom. The molecule has 0 fully saturated rings. The number of hydrogen-bond donors (Lipinski definition) is 0. The number of nitriles is 1.